The van der Waals surface area contributed by atoms with Crippen molar-refractivity contribution in [1.29, 1.82) is 0 Å². The lowest BCUT2D eigenvalue weighted by molar-refractivity contribution is -0.131. The Balaban J connectivity index is 1.44. The number of amides is 1. The number of fused-ring (bicyclic) bond motifs is 1. The highest BCUT2D eigenvalue weighted by molar-refractivity contribution is 7.10. The highest BCUT2D eigenvalue weighted by Gasteiger charge is 2.26. The van der Waals surface area contributed by atoms with Crippen molar-refractivity contribution in [1.82, 2.24) is 9.47 Å². The lowest BCUT2D eigenvalue weighted by Gasteiger charge is -2.32. The molecule has 0 atom stereocenters. The van der Waals surface area contributed by atoms with Gasteiger partial charge in [-0.25, -0.2) is 0 Å². The van der Waals surface area contributed by atoms with E-state index in [0.717, 1.165) is 50.6 Å². The number of likely N-dealkylation sites (tertiary alicyclic amines) is 1. The quantitative estimate of drug-likeness (QED) is 0.543. The largest absolute Gasteiger partial charge is 0.380 e. The summed E-state index contributed by atoms with van der Waals surface area (Å²) in [5.41, 5.74) is 2.71. The average molecular weight is 397 g/mol. The Kier molecular flexibility index (Phi) is 6.13. The van der Waals surface area contributed by atoms with Gasteiger partial charge in [-0.05, 0) is 48.8 Å². The molecule has 0 aliphatic carbocycles. The minimum Gasteiger partial charge on any atom is -0.380 e. The second-order valence-electron chi connectivity index (χ2n) is 7.40. The predicted octanol–water partition coefficient (Wildman–Crippen LogP) is 4.69. The first kappa shape index (κ1) is 19.2. The van der Waals surface area contributed by atoms with E-state index < -0.39 is 0 Å². The number of hydrogen-bond acceptors (Lipinski definition) is 3. The zero-order chi connectivity index (χ0) is 19.3. The van der Waals surface area contributed by atoms with Crippen molar-refractivity contribution < 1.29 is 9.53 Å². The molecule has 1 saturated heterocycles. The van der Waals surface area contributed by atoms with Crippen LogP contribution in [-0.4, -0.2) is 41.7 Å². The Morgan fingerprint density at radius 3 is 2.75 bits per heavy atom. The molecule has 0 radical (unpaired) electrons. The van der Waals surface area contributed by atoms with E-state index in [4.69, 9.17) is 4.74 Å². The first-order valence-corrected chi connectivity index (χ1v) is 11.1. The summed E-state index contributed by atoms with van der Waals surface area (Å²) in [6, 6.07) is 12.7. The van der Waals surface area contributed by atoms with Crippen LogP contribution >= 0.6 is 11.3 Å². The van der Waals surface area contributed by atoms with Gasteiger partial charge in [-0.1, -0.05) is 24.3 Å². The van der Waals surface area contributed by atoms with Crippen LogP contribution in [0.2, 0.25) is 0 Å². The summed E-state index contributed by atoms with van der Waals surface area (Å²) in [5, 5.41) is 3.39. The van der Waals surface area contributed by atoms with Crippen molar-refractivity contribution in [3.63, 3.8) is 0 Å². The van der Waals surface area contributed by atoms with E-state index in [2.05, 4.69) is 35.0 Å². The van der Waals surface area contributed by atoms with Gasteiger partial charge in [0.15, 0.2) is 0 Å². The summed E-state index contributed by atoms with van der Waals surface area (Å²) in [4.78, 5) is 15.8. The predicted molar refractivity (Wildman–Crippen MR) is 115 cm³/mol. The van der Waals surface area contributed by atoms with Gasteiger partial charge < -0.3 is 14.2 Å². The molecular formula is C23H28N2O2S. The van der Waals surface area contributed by atoms with Gasteiger partial charge in [0.05, 0.1) is 13.0 Å². The van der Waals surface area contributed by atoms with E-state index in [0.29, 0.717) is 12.3 Å². The Morgan fingerprint density at radius 1 is 1.18 bits per heavy atom. The monoisotopic (exact) mass is 396 g/mol. The molecule has 1 fully saturated rings. The van der Waals surface area contributed by atoms with Crippen LogP contribution in [0.25, 0.3) is 10.9 Å². The number of nitrogens with zero attached hydrogens (tertiary/aromatic N) is 2. The van der Waals surface area contributed by atoms with E-state index >= 15 is 0 Å². The highest BCUT2D eigenvalue weighted by Crippen LogP contribution is 2.34. The molecule has 4 rings (SSSR count). The van der Waals surface area contributed by atoms with E-state index in [-0.39, 0.29) is 5.91 Å². The molecule has 0 N–H and O–H groups in total. The molecule has 5 heteroatoms. The molecule has 3 heterocycles. The number of ether oxygens (including phenoxy) is 1. The fraction of sp³-hybridized carbons (Fsp3) is 0.435. The Hall–Kier alpha value is -2.11. The van der Waals surface area contributed by atoms with Gasteiger partial charge in [-0.3, -0.25) is 4.79 Å². The maximum absolute atomic E-state index is 12.6. The van der Waals surface area contributed by atoms with Crippen molar-refractivity contribution in [2.45, 2.75) is 38.6 Å². The van der Waals surface area contributed by atoms with Gasteiger partial charge in [0.1, 0.15) is 0 Å². The minimum absolute atomic E-state index is 0.264. The third-order valence-corrected chi connectivity index (χ3v) is 6.57. The first-order chi connectivity index (χ1) is 13.8. The van der Waals surface area contributed by atoms with Crippen LogP contribution in [0.4, 0.5) is 0 Å². The number of rotatable bonds is 7. The van der Waals surface area contributed by atoms with Crippen LogP contribution in [-0.2, 0) is 22.5 Å². The molecule has 0 saturated carbocycles. The second-order valence-corrected chi connectivity index (χ2v) is 8.44. The topological polar surface area (TPSA) is 34.5 Å². The van der Waals surface area contributed by atoms with Crippen LogP contribution in [0.15, 0.2) is 48.0 Å². The van der Waals surface area contributed by atoms with Crippen molar-refractivity contribution in [3.05, 3.63) is 58.4 Å². The van der Waals surface area contributed by atoms with Gasteiger partial charge in [0, 0.05) is 48.2 Å². The highest BCUT2D eigenvalue weighted by atomic mass is 32.1. The molecule has 1 aliphatic rings. The van der Waals surface area contributed by atoms with E-state index in [1.54, 1.807) is 11.3 Å². The van der Waals surface area contributed by atoms with Gasteiger partial charge in [0.25, 0.3) is 0 Å². The molecule has 3 aromatic rings. The maximum atomic E-state index is 12.6. The lowest BCUT2D eigenvalue weighted by Crippen LogP contribution is -2.38. The zero-order valence-corrected chi connectivity index (χ0v) is 17.3. The standard InChI is InChI=1S/C23H28N2O2S/c1-2-27-14-13-25-17-21(20-7-3-4-8-22(20)25)18-9-11-24(12-10-18)23(26)16-19-6-5-15-28-19/h3-8,15,17-18H,2,9-14,16H2,1H3. The number of benzene rings is 1. The Labute approximate surface area is 170 Å². The number of aromatic nitrogens is 1. The molecule has 1 aromatic carbocycles. The van der Waals surface area contributed by atoms with Crippen LogP contribution < -0.4 is 0 Å². The molecule has 1 amide bonds. The van der Waals surface area contributed by atoms with Crippen LogP contribution in [0.1, 0.15) is 36.1 Å². The summed E-state index contributed by atoms with van der Waals surface area (Å²) in [6.45, 7) is 6.12. The van der Waals surface area contributed by atoms with Gasteiger partial charge in [0.2, 0.25) is 5.91 Å². The fourth-order valence-electron chi connectivity index (χ4n) is 4.21. The van der Waals surface area contributed by atoms with Crippen LogP contribution in [0.3, 0.4) is 0 Å². The van der Waals surface area contributed by atoms with Crippen LogP contribution in [0, 0.1) is 0 Å². The molecular weight excluding hydrogens is 368 g/mol. The smallest absolute Gasteiger partial charge is 0.227 e. The normalized spacial score (nSPS) is 15.4. The molecule has 0 bridgehead atoms. The van der Waals surface area contributed by atoms with Gasteiger partial charge in [-0.15, -0.1) is 11.3 Å². The average Bonchev–Trinajstić information content (AvgIpc) is 3.36. The molecule has 0 unspecified atom stereocenters. The van der Waals surface area contributed by atoms with Crippen molar-refractivity contribution in [2.24, 2.45) is 0 Å². The minimum atomic E-state index is 0.264. The molecule has 148 valence electrons. The number of carbonyl (C=O) groups excluding carboxylic acids is 1. The van der Waals surface area contributed by atoms with Crippen LogP contribution in [0.5, 0.6) is 0 Å². The van der Waals surface area contributed by atoms with Crippen molar-refractivity contribution in [2.75, 3.05) is 26.3 Å². The summed E-state index contributed by atoms with van der Waals surface area (Å²) in [6.07, 6.45) is 4.93. The Bertz CT molecular complexity index is 908. The maximum Gasteiger partial charge on any atom is 0.227 e. The zero-order valence-electron chi connectivity index (χ0n) is 16.5. The molecule has 4 nitrogen and oxygen atoms in total. The second kappa shape index (κ2) is 8.93. The number of hydrogen-bond donors (Lipinski definition) is 0. The number of para-hydroxylation sites is 1. The van der Waals surface area contributed by atoms with E-state index in [9.17, 15) is 4.79 Å². The number of carbonyl (C=O) groups is 1. The summed E-state index contributed by atoms with van der Waals surface area (Å²) in [7, 11) is 0. The summed E-state index contributed by atoms with van der Waals surface area (Å²) >= 11 is 1.66. The fourth-order valence-corrected chi connectivity index (χ4v) is 4.90. The van der Waals surface area contributed by atoms with Gasteiger partial charge >= 0.3 is 0 Å². The van der Waals surface area contributed by atoms with E-state index in [1.165, 1.54) is 16.5 Å². The third kappa shape index (κ3) is 4.15. The van der Waals surface area contributed by atoms with E-state index in [1.807, 2.05) is 29.3 Å². The Morgan fingerprint density at radius 2 is 2.00 bits per heavy atom. The lowest BCUT2D eigenvalue weighted by atomic mass is 9.89. The van der Waals surface area contributed by atoms with Crippen molar-refractivity contribution >= 4 is 28.1 Å². The van der Waals surface area contributed by atoms with Crippen molar-refractivity contribution in [3.8, 4) is 0 Å². The molecule has 0 spiro atoms. The number of thiophene rings is 1. The molecule has 1 aliphatic heterocycles. The summed E-state index contributed by atoms with van der Waals surface area (Å²) < 4.78 is 7.89. The molecule has 2 aromatic heterocycles. The SMILES string of the molecule is CCOCCn1cc(C2CCN(C(=O)Cc3cccs3)CC2)c2ccccc21. The summed E-state index contributed by atoms with van der Waals surface area (Å²) in [5.74, 6) is 0.782. The number of piperidine rings is 1. The third-order valence-electron chi connectivity index (χ3n) is 5.69. The van der Waals surface area contributed by atoms with Gasteiger partial charge in [-0.2, -0.15) is 0 Å². The first-order valence-electron chi connectivity index (χ1n) is 10.2. The molecule has 28 heavy (non-hydrogen) atoms.